The van der Waals surface area contributed by atoms with Crippen LogP contribution in [0.25, 0.3) is 0 Å². The van der Waals surface area contributed by atoms with E-state index in [1.807, 2.05) is 6.08 Å². The van der Waals surface area contributed by atoms with Crippen molar-refractivity contribution >= 4 is 10.4 Å². The molecule has 1 heterocycles. The predicted molar refractivity (Wildman–Crippen MR) is 249 cm³/mol. The lowest BCUT2D eigenvalue weighted by Gasteiger charge is -2.42. The van der Waals surface area contributed by atoms with E-state index < -0.39 is 59.9 Å². The van der Waals surface area contributed by atoms with Crippen LogP contribution in [0.2, 0.25) is 0 Å². The molecule has 7 atom stereocenters. The fourth-order valence-corrected chi connectivity index (χ4v) is 8.43. The van der Waals surface area contributed by atoms with Gasteiger partial charge in [-0.3, -0.25) is 4.18 Å². The molecule has 1 aliphatic rings. The average molecular weight is 893 g/mol. The van der Waals surface area contributed by atoms with Crippen LogP contribution in [-0.4, -0.2) is 96.0 Å². The Morgan fingerprint density at radius 1 is 0.623 bits per heavy atom. The summed E-state index contributed by atoms with van der Waals surface area (Å²) in [5.74, 6) is 0. The SMILES string of the molecule is CCCCCCCC/C=C\CCCCCCCCCCCCCCNC(CO[C@@H]1OC(CO)[C@H](O)C(OS(=O)(=O)[O-])C1O)C(O)/C=C/CCCCCCCCCCCCC.[NH4+]. The minimum absolute atomic E-state index is 0. The van der Waals surface area contributed by atoms with Gasteiger partial charge in [0, 0.05) is 0 Å². The van der Waals surface area contributed by atoms with Crippen molar-refractivity contribution in [2.45, 2.75) is 262 Å². The number of ether oxygens (including phenoxy) is 2. The molecule has 0 amide bonds. The fraction of sp³-hybridized carbons (Fsp3) is 0.917. The molecule has 0 spiro atoms. The number of allylic oxidation sites excluding steroid dienone is 3. The van der Waals surface area contributed by atoms with Crippen LogP contribution in [0, 0.1) is 0 Å². The second-order valence-electron chi connectivity index (χ2n) is 17.4. The molecular formula is C48H96N2O10S. The number of aliphatic hydroxyl groups is 4. The van der Waals surface area contributed by atoms with Gasteiger partial charge in [-0.1, -0.05) is 199 Å². The van der Waals surface area contributed by atoms with Crippen LogP contribution in [0.4, 0.5) is 0 Å². The van der Waals surface area contributed by atoms with Crippen LogP contribution in [0.3, 0.4) is 0 Å². The summed E-state index contributed by atoms with van der Waals surface area (Å²) in [4.78, 5) is 0. The number of rotatable bonds is 43. The Morgan fingerprint density at radius 3 is 1.43 bits per heavy atom. The molecule has 0 aromatic carbocycles. The van der Waals surface area contributed by atoms with Gasteiger partial charge in [0.25, 0.3) is 0 Å². The Balaban J connectivity index is 0.0000360. The molecule has 1 saturated heterocycles. The Morgan fingerprint density at radius 2 is 1.02 bits per heavy atom. The maximum atomic E-state index is 11.3. The van der Waals surface area contributed by atoms with Gasteiger partial charge in [-0.2, -0.15) is 0 Å². The second-order valence-corrected chi connectivity index (χ2v) is 18.4. The average Bonchev–Trinajstić information content (AvgIpc) is 3.22. The summed E-state index contributed by atoms with van der Waals surface area (Å²) in [6.45, 7) is 4.29. The first kappa shape index (κ1) is 60.0. The first-order valence-corrected chi connectivity index (χ1v) is 26.1. The zero-order valence-electron chi connectivity index (χ0n) is 39.2. The lowest BCUT2D eigenvalue weighted by atomic mass is 9.99. The zero-order chi connectivity index (χ0) is 43.9. The van der Waals surface area contributed by atoms with Crippen molar-refractivity contribution in [3.8, 4) is 0 Å². The van der Waals surface area contributed by atoms with Crippen LogP contribution in [0.5, 0.6) is 0 Å². The monoisotopic (exact) mass is 893 g/mol. The van der Waals surface area contributed by atoms with Gasteiger partial charge >= 0.3 is 0 Å². The summed E-state index contributed by atoms with van der Waals surface area (Å²) in [5, 5.41) is 45.2. The molecule has 0 aromatic heterocycles. The van der Waals surface area contributed by atoms with Crippen LogP contribution in [0.15, 0.2) is 24.3 Å². The molecule has 1 fully saturated rings. The number of aliphatic hydroxyl groups excluding tert-OH is 4. The summed E-state index contributed by atoms with van der Waals surface area (Å²) in [5.41, 5.74) is 0. The van der Waals surface area contributed by atoms with E-state index in [0.29, 0.717) is 6.54 Å². The van der Waals surface area contributed by atoms with Crippen LogP contribution < -0.4 is 11.5 Å². The Labute approximate surface area is 374 Å². The summed E-state index contributed by atoms with van der Waals surface area (Å²) in [6, 6.07) is -0.581. The van der Waals surface area contributed by atoms with Gasteiger partial charge in [-0.25, -0.2) is 8.42 Å². The maximum absolute atomic E-state index is 11.3. The third-order valence-electron chi connectivity index (χ3n) is 11.8. The Bertz CT molecular complexity index is 1110. The second kappa shape index (κ2) is 41.7. The molecule has 0 bridgehead atoms. The molecule has 13 heteroatoms. The Kier molecular flexibility index (Phi) is 41.1. The standard InChI is InChI=1S/C48H93NO10S.H3N/c1-3-5-7-9-11-13-15-17-18-19-20-21-22-23-24-25-27-29-31-33-35-37-39-49-42(43(51)38-36-34-32-30-28-26-16-14-12-10-8-6-4-2)41-57-48-46(53)47(59-60(54,55)56)45(52)44(40-50)58-48;/h17-18,36,38,42-53H,3-16,19-35,37,39-41H2,1-2H3,(H,54,55,56);1H3/b18-17-,38-36+;/t42?,43?,44?,45-,46?,47?,48+;/m0./s1. The first-order valence-electron chi connectivity index (χ1n) is 24.8. The highest BCUT2D eigenvalue weighted by atomic mass is 32.3. The summed E-state index contributed by atoms with van der Waals surface area (Å²) in [6.07, 6.45) is 39.5. The molecule has 0 aliphatic carbocycles. The van der Waals surface area contributed by atoms with E-state index in [2.05, 4.69) is 35.5 Å². The van der Waals surface area contributed by atoms with E-state index in [-0.39, 0.29) is 12.8 Å². The maximum Gasteiger partial charge on any atom is 0.218 e. The van der Waals surface area contributed by atoms with Crippen LogP contribution in [0.1, 0.15) is 219 Å². The molecule has 0 saturated carbocycles. The number of unbranched alkanes of at least 4 members (excludes halogenated alkanes) is 29. The number of nitrogens with one attached hydrogen (secondary N) is 1. The third-order valence-corrected chi connectivity index (χ3v) is 12.3. The molecule has 0 radical (unpaired) electrons. The lowest BCUT2D eigenvalue weighted by molar-refractivity contribution is -0.298. The van der Waals surface area contributed by atoms with E-state index in [9.17, 15) is 33.4 Å². The molecule has 0 aromatic rings. The smallest absolute Gasteiger partial charge is 0.218 e. The van der Waals surface area contributed by atoms with Gasteiger partial charge in [0.2, 0.25) is 10.4 Å². The topological polar surface area (TPSA) is 214 Å². The molecule has 364 valence electrons. The third kappa shape index (κ3) is 34.1. The predicted octanol–water partition coefficient (Wildman–Crippen LogP) is 10.6. The molecule has 12 nitrogen and oxygen atoms in total. The highest BCUT2D eigenvalue weighted by Gasteiger charge is 2.47. The van der Waals surface area contributed by atoms with Crippen LogP contribution >= 0.6 is 0 Å². The fourth-order valence-electron chi connectivity index (χ4n) is 7.93. The van der Waals surface area contributed by atoms with E-state index in [4.69, 9.17) is 9.47 Å². The molecular weight excluding hydrogens is 797 g/mol. The summed E-state index contributed by atoms with van der Waals surface area (Å²) < 4.78 is 49.5. The van der Waals surface area contributed by atoms with Crippen molar-refractivity contribution in [1.82, 2.24) is 11.5 Å². The lowest BCUT2D eigenvalue weighted by Crippen LogP contribution is -2.61. The van der Waals surface area contributed by atoms with Crippen molar-refractivity contribution in [3.05, 3.63) is 24.3 Å². The van der Waals surface area contributed by atoms with Crippen molar-refractivity contribution in [2.24, 2.45) is 0 Å². The zero-order valence-corrected chi connectivity index (χ0v) is 40.1. The molecule has 1 rings (SSSR count). The van der Waals surface area contributed by atoms with Crippen molar-refractivity contribution < 1.29 is 47.1 Å². The highest BCUT2D eigenvalue weighted by Crippen LogP contribution is 2.26. The van der Waals surface area contributed by atoms with E-state index in [1.165, 1.54) is 167 Å². The van der Waals surface area contributed by atoms with Crippen molar-refractivity contribution in [2.75, 3.05) is 19.8 Å². The van der Waals surface area contributed by atoms with Gasteiger partial charge in [-0.15, -0.1) is 0 Å². The molecule has 9 N–H and O–H groups in total. The summed E-state index contributed by atoms with van der Waals surface area (Å²) >= 11 is 0. The molecule has 61 heavy (non-hydrogen) atoms. The van der Waals surface area contributed by atoms with Crippen LogP contribution in [-0.2, 0) is 24.1 Å². The number of hydrogen-bond donors (Lipinski definition) is 6. The minimum atomic E-state index is -5.28. The van der Waals surface area contributed by atoms with Gasteiger partial charge in [0.1, 0.15) is 24.4 Å². The number of quaternary nitrogens is 1. The van der Waals surface area contributed by atoms with Gasteiger partial charge in [-0.05, 0) is 51.5 Å². The number of hydrogen-bond acceptors (Lipinski definition) is 11. The van der Waals surface area contributed by atoms with E-state index in [1.54, 1.807) is 6.08 Å². The van der Waals surface area contributed by atoms with E-state index >= 15 is 0 Å². The minimum Gasteiger partial charge on any atom is -0.726 e. The molecule has 5 unspecified atom stereocenters. The van der Waals surface area contributed by atoms with Crippen molar-refractivity contribution in [3.63, 3.8) is 0 Å². The summed E-state index contributed by atoms with van der Waals surface area (Å²) in [7, 11) is -5.28. The van der Waals surface area contributed by atoms with Crippen molar-refractivity contribution in [1.29, 1.82) is 0 Å². The van der Waals surface area contributed by atoms with Gasteiger partial charge in [0.15, 0.2) is 6.29 Å². The normalized spacial score (nSPS) is 20.7. The molecule has 1 aliphatic heterocycles. The largest absolute Gasteiger partial charge is 0.726 e. The van der Waals surface area contributed by atoms with Gasteiger partial charge in [0.05, 0.1) is 25.4 Å². The van der Waals surface area contributed by atoms with Gasteiger partial charge < -0.3 is 45.9 Å². The highest BCUT2D eigenvalue weighted by molar-refractivity contribution is 7.80. The Hall–Kier alpha value is -0.970. The quantitative estimate of drug-likeness (QED) is 0.0147. The van der Waals surface area contributed by atoms with E-state index in [0.717, 1.165) is 38.5 Å². The first-order chi connectivity index (χ1) is 29.1.